The minimum atomic E-state index is -0.911. The molecule has 6 heteroatoms. The lowest BCUT2D eigenvalue weighted by molar-refractivity contribution is 0.0694. The van der Waals surface area contributed by atoms with Crippen LogP contribution in [0.25, 0.3) is 0 Å². The first-order valence-corrected chi connectivity index (χ1v) is 7.65. The summed E-state index contributed by atoms with van der Waals surface area (Å²) in [5.41, 5.74) is 0.967. The molecule has 1 aromatic rings. The van der Waals surface area contributed by atoms with Crippen molar-refractivity contribution in [2.45, 2.75) is 4.90 Å². The topological polar surface area (TPSA) is 61.8 Å². The molecule has 0 saturated carbocycles. The molecule has 0 heterocycles. The summed E-state index contributed by atoms with van der Waals surface area (Å²) in [6.45, 7) is 2.69. The van der Waals surface area contributed by atoms with E-state index in [9.17, 15) is 9.90 Å². The molecule has 1 rings (SSSR count). The summed E-state index contributed by atoms with van der Waals surface area (Å²) < 4.78 is 5.47. The van der Waals surface area contributed by atoms with E-state index in [0.29, 0.717) is 31.0 Å². The number of rotatable bonds is 9. The first kappa shape index (κ1) is 16.8. The van der Waals surface area contributed by atoms with Gasteiger partial charge >= 0.3 is 5.97 Å². The van der Waals surface area contributed by atoms with Gasteiger partial charge in [-0.2, -0.15) is 0 Å². The Hall–Kier alpha value is -1.24. The molecule has 0 saturated heterocycles. The SMILES string of the molecule is CSc1cccc(NCCOCCN(C)C)c1C(=O)O. The molecule has 112 valence electrons. The number of hydrogen-bond acceptors (Lipinski definition) is 5. The molecular formula is C14H22N2O3S. The molecule has 5 nitrogen and oxygen atoms in total. The highest BCUT2D eigenvalue weighted by molar-refractivity contribution is 7.98. The molecule has 0 aromatic heterocycles. The van der Waals surface area contributed by atoms with Crippen LogP contribution in [0, 0.1) is 0 Å². The normalized spacial score (nSPS) is 10.8. The van der Waals surface area contributed by atoms with Crippen LogP contribution < -0.4 is 5.32 Å². The molecule has 0 radical (unpaired) electrons. The molecule has 0 spiro atoms. The predicted molar refractivity (Wildman–Crippen MR) is 83.0 cm³/mol. The lowest BCUT2D eigenvalue weighted by atomic mass is 10.2. The Morgan fingerprint density at radius 3 is 2.75 bits per heavy atom. The van der Waals surface area contributed by atoms with Gasteiger partial charge in [-0.05, 0) is 32.5 Å². The summed E-state index contributed by atoms with van der Waals surface area (Å²) >= 11 is 1.43. The van der Waals surface area contributed by atoms with E-state index in [1.807, 2.05) is 32.5 Å². The monoisotopic (exact) mass is 298 g/mol. The van der Waals surface area contributed by atoms with Crippen LogP contribution in [0.2, 0.25) is 0 Å². The number of carboxylic acids is 1. The zero-order valence-corrected chi connectivity index (χ0v) is 13.0. The molecule has 0 atom stereocenters. The largest absolute Gasteiger partial charge is 0.478 e. The van der Waals surface area contributed by atoms with Crippen LogP contribution in [0.1, 0.15) is 10.4 Å². The van der Waals surface area contributed by atoms with E-state index in [1.54, 1.807) is 6.07 Å². The zero-order valence-electron chi connectivity index (χ0n) is 12.2. The van der Waals surface area contributed by atoms with Crippen LogP contribution in [0.4, 0.5) is 5.69 Å². The van der Waals surface area contributed by atoms with Crippen molar-refractivity contribution in [3.63, 3.8) is 0 Å². The van der Waals surface area contributed by atoms with Gasteiger partial charge in [-0.1, -0.05) is 6.07 Å². The average molecular weight is 298 g/mol. The zero-order chi connectivity index (χ0) is 15.0. The van der Waals surface area contributed by atoms with Crippen LogP contribution in [0.3, 0.4) is 0 Å². The molecule has 0 aliphatic heterocycles. The van der Waals surface area contributed by atoms with E-state index < -0.39 is 5.97 Å². The third kappa shape index (κ3) is 5.40. The van der Waals surface area contributed by atoms with Gasteiger partial charge in [0.2, 0.25) is 0 Å². The predicted octanol–water partition coefficient (Wildman–Crippen LogP) is 2.10. The van der Waals surface area contributed by atoms with Gasteiger partial charge in [0.05, 0.1) is 18.8 Å². The van der Waals surface area contributed by atoms with Gasteiger partial charge in [-0.3, -0.25) is 0 Å². The second-order valence-corrected chi connectivity index (χ2v) is 5.38. The summed E-state index contributed by atoms with van der Waals surface area (Å²) in [6.07, 6.45) is 1.87. The average Bonchev–Trinajstić information content (AvgIpc) is 2.41. The van der Waals surface area contributed by atoms with E-state index in [4.69, 9.17) is 4.74 Å². The Morgan fingerprint density at radius 1 is 1.40 bits per heavy atom. The third-order valence-corrected chi connectivity index (χ3v) is 3.48. The Balaban J connectivity index is 2.49. The van der Waals surface area contributed by atoms with E-state index in [2.05, 4.69) is 10.2 Å². The molecule has 0 aliphatic carbocycles. The Bertz CT molecular complexity index is 438. The van der Waals surface area contributed by atoms with Gasteiger partial charge in [-0.25, -0.2) is 4.79 Å². The minimum Gasteiger partial charge on any atom is -0.478 e. The number of benzene rings is 1. The highest BCUT2D eigenvalue weighted by Crippen LogP contribution is 2.26. The van der Waals surface area contributed by atoms with Crippen molar-refractivity contribution in [3.8, 4) is 0 Å². The molecule has 0 bridgehead atoms. The fraction of sp³-hybridized carbons (Fsp3) is 0.500. The second kappa shape index (κ2) is 8.84. The van der Waals surface area contributed by atoms with Crippen molar-refractivity contribution in [1.29, 1.82) is 0 Å². The first-order valence-electron chi connectivity index (χ1n) is 6.43. The Morgan fingerprint density at radius 2 is 2.15 bits per heavy atom. The lowest BCUT2D eigenvalue weighted by Crippen LogP contribution is -2.20. The number of likely N-dealkylation sites (N-methyl/N-ethyl adjacent to an activating group) is 1. The van der Waals surface area contributed by atoms with Crippen molar-refractivity contribution in [1.82, 2.24) is 4.90 Å². The number of nitrogens with one attached hydrogen (secondary N) is 1. The van der Waals surface area contributed by atoms with Gasteiger partial charge in [-0.15, -0.1) is 11.8 Å². The molecule has 2 N–H and O–H groups in total. The van der Waals surface area contributed by atoms with Gasteiger partial charge in [0.25, 0.3) is 0 Å². The van der Waals surface area contributed by atoms with Crippen LogP contribution in [0.5, 0.6) is 0 Å². The fourth-order valence-corrected chi connectivity index (χ4v) is 2.29. The first-order chi connectivity index (χ1) is 9.56. The van der Waals surface area contributed by atoms with Gasteiger partial charge < -0.3 is 20.1 Å². The van der Waals surface area contributed by atoms with Gasteiger partial charge in [0.1, 0.15) is 0 Å². The van der Waals surface area contributed by atoms with E-state index >= 15 is 0 Å². The Labute approximate surface area is 124 Å². The molecule has 0 aliphatic rings. The molecule has 0 unspecified atom stereocenters. The molecular weight excluding hydrogens is 276 g/mol. The number of aromatic carboxylic acids is 1. The van der Waals surface area contributed by atoms with Crippen molar-refractivity contribution >= 4 is 23.4 Å². The Kier molecular flexibility index (Phi) is 7.43. The number of carboxylic acid groups (broad SMARTS) is 1. The third-order valence-electron chi connectivity index (χ3n) is 2.70. The molecule has 0 amide bonds. The summed E-state index contributed by atoms with van der Waals surface area (Å²) in [7, 11) is 3.99. The number of hydrogen-bond donors (Lipinski definition) is 2. The molecule has 1 aromatic carbocycles. The second-order valence-electron chi connectivity index (χ2n) is 4.53. The molecule has 20 heavy (non-hydrogen) atoms. The van der Waals surface area contributed by atoms with Crippen molar-refractivity contribution in [3.05, 3.63) is 23.8 Å². The highest BCUT2D eigenvalue weighted by Gasteiger charge is 2.14. The van der Waals surface area contributed by atoms with E-state index in [-0.39, 0.29) is 0 Å². The number of nitrogens with zero attached hydrogens (tertiary/aromatic N) is 1. The maximum atomic E-state index is 11.3. The standard InChI is InChI=1S/C14H22N2O3S/c1-16(2)8-10-19-9-7-15-11-5-4-6-12(20-3)13(11)14(17)18/h4-6,15H,7-10H2,1-3H3,(H,17,18). The van der Waals surface area contributed by atoms with Crippen LogP contribution >= 0.6 is 11.8 Å². The maximum Gasteiger partial charge on any atom is 0.338 e. The number of ether oxygens (including phenoxy) is 1. The lowest BCUT2D eigenvalue weighted by Gasteiger charge is -2.13. The van der Waals surface area contributed by atoms with Crippen LogP contribution in [-0.2, 0) is 4.74 Å². The smallest absolute Gasteiger partial charge is 0.338 e. The summed E-state index contributed by atoms with van der Waals surface area (Å²) in [6, 6.07) is 5.45. The van der Waals surface area contributed by atoms with Crippen molar-refractivity contribution < 1.29 is 14.6 Å². The van der Waals surface area contributed by atoms with E-state index in [0.717, 1.165) is 11.4 Å². The quantitative estimate of drug-likeness (QED) is 0.538. The summed E-state index contributed by atoms with van der Waals surface area (Å²) in [4.78, 5) is 14.1. The van der Waals surface area contributed by atoms with Gasteiger partial charge in [0.15, 0.2) is 0 Å². The summed E-state index contributed by atoms with van der Waals surface area (Å²) in [5.74, 6) is -0.911. The highest BCUT2D eigenvalue weighted by atomic mass is 32.2. The van der Waals surface area contributed by atoms with Gasteiger partial charge in [0, 0.05) is 23.7 Å². The maximum absolute atomic E-state index is 11.3. The summed E-state index contributed by atoms with van der Waals surface area (Å²) in [5, 5.41) is 12.4. The number of anilines is 1. The van der Waals surface area contributed by atoms with Crippen molar-refractivity contribution in [2.24, 2.45) is 0 Å². The van der Waals surface area contributed by atoms with Crippen LogP contribution in [-0.4, -0.2) is 62.6 Å². The van der Waals surface area contributed by atoms with Crippen molar-refractivity contribution in [2.75, 3.05) is 52.0 Å². The number of carbonyl (C=O) groups is 1. The van der Waals surface area contributed by atoms with E-state index in [1.165, 1.54) is 11.8 Å². The molecule has 0 fully saturated rings. The minimum absolute atomic E-state index is 0.327. The fourth-order valence-electron chi connectivity index (χ4n) is 1.68. The number of thioether (sulfide) groups is 1. The van der Waals surface area contributed by atoms with Crippen LogP contribution in [0.15, 0.2) is 23.1 Å².